The second-order valence-corrected chi connectivity index (χ2v) is 10.1. The predicted octanol–water partition coefficient (Wildman–Crippen LogP) is 6.63. The van der Waals surface area contributed by atoms with E-state index in [2.05, 4.69) is 10.3 Å². The Morgan fingerprint density at radius 1 is 1.17 bits per heavy atom. The van der Waals surface area contributed by atoms with Crippen LogP contribution in [-0.2, 0) is 30.9 Å². The summed E-state index contributed by atoms with van der Waals surface area (Å²) in [6, 6.07) is 13.9. The number of hydrogen-bond acceptors (Lipinski definition) is 4. The van der Waals surface area contributed by atoms with Crippen LogP contribution >= 0.6 is 11.6 Å². The molecule has 0 bridgehead atoms. The Bertz CT molecular complexity index is 1800. The molecular weight excluding hydrogens is 567 g/mol. The Hall–Kier alpha value is -4.62. The Balaban J connectivity index is 1.53. The number of nitrogens with zero attached hydrogens (tertiary/aromatic N) is 4. The summed E-state index contributed by atoms with van der Waals surface area (Å²) in [7, 11) is 1.70. The Kier molecular flexibility index (Phi) is 7.80. The lowest BCUT2D eigenvalue weighted by Crippen LogP contribution is -2.29. The largest absolute Gasteiger partial charge is 0.417 e. The van der Waals surface area contributed by atoms with Crippen LogP contribution in [-0.4, -0.2) is 33.8 Å². The summed E-state index contributed by atoms with van der Waals surface area (Å²) in [5, 5.41) is 12.2. The van der Waals surface area contributed by atoms with E-state index >= 15 is 0 Å². The number of allylic oxidation sites excluding steroid dienone is 1. The van der Waals surface area contributed by atoms with Gasteiger partial charge in [0.2, 0.25) is 5.91 Å². The topological polar surface area (TPSA) is 91.0 Å². The van der Waals surface area contributed by atoms with Crippen molar-refractivity contribution in [3.63, 3.8) is 0 Å². The van der Waals surface area contributed by atoms with Gasteiger partial charge in [0, 0.05) is 43.2 Å². The Morgan fingerprint density at radius 3 is 2.64 bits per heavy atom. The minimum atomic E-state index is -4.61. The van der Waals surface area contributed by atoms with Gasteiger partial charge >= 0.3 is 6.18 Å². The van der Waals surface area contributed by atoms with Crippen LogP contribution in [0.5, 0.6) is 0 Å². The molecule has 3 aromatic carbocycles. The number of aromatic nitrogens is 2. The molecule has 4 aromatic rings. The molecule has 0 aliphatic carbocycles. The number of benzene rings is 3. The number of imidazole rings is 1. The normalized spacial score (nSPS) is 13.0. The fourth-order valence-corrected chi connectivity index (χ4v) is 5.41. The first kappa shape index (κ1) is 28.9. The summed E-state index contributed by atoms with van der Waals surface area (Å²) < 4.78 is 44.7. The monoisotopic (exact) mass is 591 g/mol. The van der Waals surface area contributed by atoms with Crippen molar-refractivity contribution in [2.75, 3.05) is 22.6 Å². The number of fused-ring (bicyclic) bond motifs is 2. The molecule has 214 valence electrons. The molecule has 0 saturated heterocycles. The number of hydrogen-bond donors (Lipinski definition) is 1. The average molecular weight is 592 g/mol. The molecule has 1 aromatic heterocycles. The summed E-state index contributed by atoms with van der Waals surface area (Å²) in [5.41, 5.74) is 2.16. The van der Waals surface area contributed by atoms with Crippen LogP contribution < -0.4 is 10.2 Å². The minimum absolute atomic E-state index is 0.0111. The van der Waals surface area contributed by atoms with Gasteiger partial charge in [-0.3, -0.25) is 9.59 Å². The zero-order valence-electron chi connectivity index (χ0n) is 22.7. The molecule has 2 heterocycles. The molecule has 0 fully saturated rings. The number of amides is 2. The smallest absolute Gasteiger partial charge is 0.331 e. The quantitative estimate of drug-likeness (QED) is 0.201. The summed E-state index contributed by atoms with van der Waals surface area (Å²) in [5.74, 6) is -0.0502. The Labute approximate surface area is 244 Å². The van der Waals surface area contributed by atoms with Crippen LogP contribution in [0, 0.1) is 11.3 Å². The van der Waals surface area contributed by atoms with Crippen molar-refractivity contribution >= 4 is 45.8 Å². The highest BCUT2D eigenvalue weighted by molar-refractivity contribution is 6.19. The summed E-state index contributed by atoms with van der Waals surface area (Å²) in [6.07, 6.45) is -0.993. The van der Waals surface area contributed by atoms with E-state index in [4.69, 9.17) is 11.6 Å². The van der Waals surface area contributed by atoms with Crippen molar-refractivity contribution < 1.29 is 22.8 Å². The minimum Gasteiger partial charge on any atom is -0.331 e. The molecular formula is C31H25ClF3N5O2. The summed E-state index contributed by atoms with van der Waals surface area (Å²) >= 11 is 5.55. The van der Waals surface area contributed by atoms with Gasteiger partial charge in [0.05, 0.1) is 27.8 Å². The molecule has 1 aliphatic heterocycles. The van der Waals surface area contributed by atoms with Gasteiger partial charge in [-0.15, -0.1) is 11.6 Å². The van der Waals surface area contributed by atoms with Crippen LogP contribution in [0.3, 0.4) is 0 Å². The molecule has 0 radical (unpaired) electrons. The van der Waals surface area contributed by atoms with Gasteiger partial charge < -0.3 is 14.8 Å². The molecule has 42 heavy (non-hydrogen) atoms. The lowest BCUT2D eigenvalue weighted by Gasteiger charge is -2.20. The Morgan fingerprint density at radius 2 is 1.95 bits per heavy atom. The zero-order valence-corrected chi connectivity index (χ0v) is 23.5. The first-order valence-corrected chi connectivity index (χ1v) is 13.7. The molecule has 1 aliphatic rings. The average Bonchev–Trinajstić information content (AvgIpc) is 3.55. The SMILES string of the molecule is CCc1nc2cc(-c3cccc4c3CCN4C(=O)c3ccc(NC(=O)/C=C/CCl)c(C#N)c3)c(C(F)(F)F)cc2n1C. The molecule has 7 nitrogen and oxygen atoms in total. The van der Waals surface area contributed by atoms with E-state index in [1.807, 2.05) is 13.0 Å². The van der Waals surface area contributed by atoms with Crippen molar-refractivity contribution in [1.29, 1.82) is 5.26 Å². The van der Waals surface area contributed by atoms with E-state index < -0.39 is 23.6 Å². The van der Waals surface area contributed by atoms with Crippen molar-refractivity contribution in [1.82, 2.24) is 9.55 Å². The van der Waals surface area contributed by atoms with Crippen molar-refractivity contribution in [2.24, 2.45) is 7.05 Å². The third-order valence-electron chi connectivity index (χ3n) is 7.30. The van der Waals surface area contributed by atoms with Crippen molar-refractivity contribution in [3.05, 3.63) is 88.8 Å². The van der Waals surface area contributed by atoms with Gasteiger partial charge in [0.25, 0.3) is 5.91 Å². The first-order valence-electron chi connectivity index (χ1n) is 13.2. The van der Waals surface area contributed by atoms with E-state index in [1.54, 1.807) is 29.8 Å². The molecule has 0 saturated carbocycles. The number of halogens is 4. The number of aryl methyl sites for hydroxylation is 2. The maximum atomic E-state index is 14.3. The lowest BCUT2D eigenvalue weighted by atomic mass is 9.93. The van der Waals surface area contributed by atoms with Gasteiger partial charge in [-0.1, -0.05) is 25.1 Å². The molecule has 2 amide bonds. The second-order valence-electron chi connectivity index (χ2n) is 9.75. The van der Waals surface area contributed by atoms with Crippen molar-refractivity contribution in [2.45, 2.75) is 25.9 Å². The van der Waals surface area contributed by atoms with Crippen LogP contribution in [0.15, 0.2) is 60.7 Å². The third-order valence-corrected chi connectivity index (χ3v) is 7.48. The van der Waals surface area contributed by atoms with Gasteiger partial charge in [-0.2, -0.15) is 18.4 Å². The van der Waals surface area contributed by atoms with Gasteiger partial charge in [-0.25, -0.2) is 4.98 Å². The number of carbonyl (C=O) groups excluding carboxylic acids is 2. The van der Waals surface area contributed by atoms with Crippen LogP contribution in [0.2, 0.25) is 0 Å². The van der Waals surface area contributed by atoms with Crippen LogP contribution in [0.25, 0.3) is 22.2 Å². The number of rotatable bonds is 6. The maximum Gasteiger partial charge on any atom is 0.417 e. The highest BCUT2D eigenvalue weighted by Crippen LogP contribution is 2.44. The van der Waals surface area contributed by atoms with Crippen molar-refractivity contribution in [3.8, 4) is 17.2 Å². The number of nitriles is 1. The first-order chi connectivity index (χ1) is 20.1. The van der Waals surface area contributed by atoms with E-state index in [1.165, 1.54) is 41.3 Å². The standard InChI is InChI=1S/C31H25ClF3N5O2/c1-3-28-37-25-15-22(23(31(33,34)35)16-27(25)39(28)2)20-6-4-7-26-21(20)11-13-40(26)30(42)18-9-10-24(19(14-18)17-36)38-29(41)8-5-12-32/h4-10,14-16H,3,11-13H2,1-2H3,(H,38,41)/b8-5+. The number of carbonyl (C=O) groups is 2. The van der Waals surface area contributed by atoms with E-state index in [0.717, 1.165) is 6.07 Å². The van der Waals surface area contributed by atoms with E-state index in [-0.39, 0.29) is 34.8 Å². The fourth-order valence-electron chi connectivity index (χ4n) is 5.32. The fraction of sp³-hybridized carbons (Fsp3) is 0.226. The maximum absolute atomic E-state index is 14.3. The number of nitrogens with one attached hydrogen (secondary N) is 1. The zero-order chi connectivity index (χ0) is 30.2. The van der Waals surface area contributed by atoms with Crippen LogP contribution in [0.1, 0.15) is 39.8 Å². The molecule has 0 unspecified atom stereocenters. The number of anilines is 2. The second kappa shape index (κ2) is 11.3. The van der Waals surface area contributed by atoms with Gasteiger partial charge in [-0.05, 0) is 59.5 Å². The van der Waals surface area contributed by atoms with Crippen LogP contribution in [0.4, 0.5) is 24.5 Å². The summed E-state index contributed by atoms with van der Waals surface area (Å²) in [6.45, 7) is 2.15. The molecule has 0 atom stereocenters. The van der Waals surface area contributed by atoms with Gasteiger partial charge in [0.15, 0.2) is 0 Å². The number of alkyl halides is 4. The van der Waals surface area contributed by atoms with E-state index in [0.29, 0.717) is 46.5 Å². The predicted molar refractivity (Wildman–Crippen MR) is 156 cm³/mol. The molecule has 5 rings (SSSR count). The highest BCUT2D eigenvalue weighted by atomic mass is 35.5. The highest BCUT2D eigenvalue weighted by Gasteiger charge is 2.36. The van der Waals surface area contributed by atoms with E-state index in [9.17, 15) is 28.0 Å². The lowest BCUT2D eigenvalue weighted by molar-refractivity contribution is -0.137. The molecule has 1 N–H and O–H groups in total. The molecule has 11 heteroatoms. The molecule has 0 spiro atoms. The van der Waals surface area contributed by atoms with Gasteiger partial charge in [0.1, 0.15) is 11.9 Å². The third kappa shape index (κ3) is 5.23. The summed E-state index contributed by atoms with van der Waals surface area (Å²) in [4.78, 5) is 31.7.